The second-order valence-corrected chi connectivity index (χ2v) is 7.49. The lowest BCUT2D eigenvalue weighted by Gasteiger charge is -2.45. The van der Waals surface area contributed by atoms with Crippen molar-refractivity contribution in [1.29, 1.82) is 0 Å². The Labute approximate surface area is 150 Å². The molecule has 1 aliphatic rings. The maximum Gasteiger partial charge on any atom is 0.328 e. The lowest BCUT2D eigenvalue weighted by Crippen LogP contribution is -2.66. The number of amides is 2. The fourth-order valence-corrected chi connectivity index (χ4v) is 3.23. The van der Waals surface area contributed by atoms with E-state index in [2.05, 4.69) is 15.5 Å². The van der Waals surface area contributed by atoms with Crippen molar-refractivity contribution in [3.8, 4) is 0 Å². The van der Waals surface area contributed by atoms with Crippen molar-refractivity contribution in [2.45, 2.75) is 37.1 Å². The van der Waals surface area contributed by atoms with Crippen LogP contribution >= 0.6 is 0 Å². The molecule has 2 heterocycles. The van der Waals surface area contributed by atoms with E-state index in [9.17, 15) is 27.9 Å². The fourth-order valence-electron chi connectivity index (χ4n) is 2.65. The number of thiol groups is 1. The molecule has 0 bridgehead atoms. The summed E-state index contributed by atoms with van der Waals surface area (Å²) in [5, 5.41) is 13.1. The molecule has 1 saturated heterocycles. The van der Waals surface area contributed by atoms with Gasteiger partial charge in [-0.1, -0.05) is 0 Å². The Hall–Kier alpha value is -2.82. The topological polar surface area (TPSA) is 146 Å². The Kier molecular flexibility index (Phi) is 5.70. The highest BCUT2D eigenvalue weighted by Gasteiger charge is 2.52. The first-order valence-corrected chi connectivity index (χ1v) is 8.79. The maximum absolute atomic E-state index is 11.9. The van der Waals surface area contributed by atoms with E-state index in [-0.39, 0.29) is 12.0 Å². The number of hydrogen-bond acceptors (Lipinski definition) is 7. The third kappa shape index (κ3) is 3.72. The Morgan fingerprint density at radius 2 is 2.08 bits per heavy atom. The van der Waals surface area contributed by atoms with Gasteiger partial charge in [0.1, 0.15) is 4.75 Å². The van der Waals surface area contributed by atoms with Gasteiger partial charge in [-0.2, -0.15) is 5.10 Å². The number of aromatic nitrogens is 1. The molecule has 0 spiro atoms. The fraction of sp³-hybridized carbons (Fsp3) is 0.400. The summed E-state index contributed by atoms with van der Waals surface area (Å²) in [6.07, 6.45) is 3.77. The summed E-state index contributed by atoms with van der Waals surface area (Å²) < 4.78 is 21.6. The highest BCUT2D eigenvalue weighted by atomic mass is 32.2. The van der Waals surface area contributed by atoms with Gasteiger partial charge >= 0.3 is 5.97 Å². The number of pyridine rings is 1. The van der Waals surface area contributed by atoms with Gasteiger partial charge in [-0.3, -0.25) is 14.6 Å². The number of likely N-dealkylation sites (tertiary alicyclic amines) is 1. The zero-order valence-corrected chi connectivity index (χ0v) is 14.9. The number of carbonyl (C=O) groups excluding carboxylic acids is 2. The smallest absolute Gasteiger partial charge is 0.328 e. The largest absolute Gasteiger partial charge is 0.480 e. The predicted octanol–water partition coefficient (Wildman–Crippen LogP) is -0.759. The lowest BCUT2D eigenvalue weighted by molar-refractivity contribution is -0.161. The summed E-state index contributed by atoms with van der Waals surface area (Å²) in [7, 11) is -3.33. The van der Waals surface area contributed by atoms with Gasteiger partial charge in [0.05, 0.1) is 0 Å². The van der Waals surface area contributed by atoms with Crippen molar-refractivity contribution >= 4 is 34.7 Å². The monoisotopic (exact) mass is 382 g/mol. The van der Waals surface area contributed by atoms with Crippen molar-refractivity contribution < 1.29 is 27.9 Å². The third-order valence-corrected chi connectivity index (χ3v) is 5.27. The summed E-state index contributed by atoms with van der Waals surface area (Å²) in [4.78, 5) is 40.1. The molecule has 2 amide bonds. The molecular weight excluding hydrogens is 364 g/mol. The van der Waals surface area contributed by atoms with Crippen LogP contribution in [0.1, 0.15) is 30.6 Å². The molecule has 1 aromatic rings. The molecule has 2 rings (SSSR count). The molecule has 140 valence electrons. The van der Waals surface area contributed by atoms with Crippen LogP contribution in [0.5, 0.6) is 0 Å². The molecule has 0 radical (unpaired) electrons. The number of aliphatic carboxylic acids is 1. The number of hydrogen-bond donors (Lipinski definition) is 3. The minimum absolute atomic E-state index is 0.144. The summed E-state index contributed by atoms with van der Waals surface area (Å²) in [5.74, 6) is -2.55. The molecule has 0 aliphatic carbocycles. The Morgan fingerprint density at radius 3 is 2.54 bits per heavy atom. The lowest BCUT2D eigenvalue weighted by atomic mass is 9.92. The molecule has 0 saturated carbocycles. The van der Waals surface area contributed by atoms with E-state index in [4.69, 9.17) is 0 Å². The van der Waals surface area contributed by atoms with Gasteiger partial charge in [-0.25, -0.2) is 18.6 Å². The number of nitrogens with one attached hydrogen (secondary N) is 1. The number of carboxylic acid groups (broad SMARTS) is 1. The number of carboxylic acids is 1. The Bertz CT molecular complexity index is 817. The standard InChI is InChI=1S/C15H18N4O6S/c1-9-7-11(20)19(9)12(14(22)23)15(2,26(24)25)8-17-18-13(21)10-3-5-16-6-4-10/h3-6,8-9,12,26H,7H2,1-2H3,(H,18,21)(H,22,23)/b17-8+/t9-,12+,15+/m1/s1. The van der Waals surface area contributed by atoms with E-state index in [1.165, 1.54) is 24.5 Å². The maximum atomic E-state index is 11.9. The van der Waals surface area contributed by atoms with Crippen LogP contribution in [0.15, 0.2) is 29.6 Å². The van der Waals surface area contributed by atoms with Crippen LogP contribution in [0.25, 0.3) is 0 Å². The van der Waals surface area contributed by atoms with Gasteiger partial charge in [0, 0.05) is 36.6 Å². The van der Waals surface area contributed by atoms with E-state index in [1.54, 1.807) is 6.92 Å². The normalized spacial score (nSPS) is 20.5. The molecule has 1 aromatic heterocycles. The van der Waals surface area contributed by atoms with E-state index in [0.29, 0.717) is 0 Å². The van der Waals surface area contributed by atoms with Crippen LogP contribution in [-0.2, 0) is 20.3 Å². The van der Waals surface area contributed by atoms with Gasteiger partial charge in [0.2, 0.25) is 5.91 Å². The number of nitrogens with zero attached hydrogens (tertiary/aromatic N) is 3. The average Bonchev–Trinajstić information content (AvgIpc) is 2.59. The minimum Gasteiger partial charge on any atom is -0.480 e. The SMILES string of the molecule is C[C@@H]1CC(=O)N1[C@@H](C(=O)O)[C@](C)(/C=N/NC(=O)c1ccncc1)[SH](=O)=O. The van der Waals surface area contributed by atoms with Crippen LogP contribution in [-0.4, -0.2) is 64.2 Å². The summed E-state index contributed by atoms with van der Waals surface area (Å²) >= 11 is 0. The molecule has 0 unspecified atom stereocenters. The minimum atomic E-state index is -3.33. The number of carbonyl (C=O) groups is 3. The predicted molar refractivity (Wildman–Crippen MR) is 91.3 cm³/mol. The molecule has 2 N–H and O–H groups in total. The zero-order chi connectivity index (χ0) is 19.5. The molecular formula is C15H18N4O6S. The Balaban J connectivity index is 2.26. The molecule has 26 heavy (non-hydrogen) atoms. The van der Waals surface area contributed by atoms with Crippen molar-refractivity contribution in [3.05, 3.63) is 30.1 Å². The zero-order valence-electron chi connectivity index (χ0n) is 14.0. The van der Waals surface area contributed by atoms with Crippen molar-refractivity contribution in [1.82, 2.24) is 15.3 Å². The van der Waals surface area contributed by atoms with Crippen molar-refractivity contribution in [2.24, 2.45) is 5.10 Å². The van der Waals surface area contributed by atoms with Gasteiger partial charge in [0.25, 0.3) is 5.91 Å². The highest BCUT2D eigenvalue weighted by molar-refractivity contribution is 7.75. The highest BCUT2D eigenvalue weighted by Crippen LogP contribution is 2.29. The molecule has 10 nitrogen and oxygen atoms in total. The van der Waals surface area contributed by atoms with E-state index in [1.807, 2.05) is 0 Å². The van der Waals surface area contributed by atoms with Gasteiger partial charge in [-0.05, 0) is 26.0 Å². The molecule has 1 fully saturated rings. The summed E-state index contributed by atoms with van der Waals surface area (Å²) in [6.45, 7) is 2.76. The van der Waals surface area contributed by atoms with Gasteiger partial charge in [0.15, 0.2) is 16.7 Å². The molecule has 11 heteroatoms. The third-order valence-electron chi connectivity index (χ3n) is 4.13. The first-order valence-electron chi connectivity index (χ1n) is 7.61. The van der Waals surface area contributed by atoms with Crippen molar-refractivity contribution in [2.75, 3.05) is 0 Å². The first kappa shape index (κ1) is 19.5. The Morgan fingerprint density at radius 1 is 1.46 bits per heavy atom. The van der Waals surface area contributed by atoms with Crippen molar-refractivity contribution in [3.63, 3.8) is 0 Å². The molecule has 1 aliphatic heterocycles. The molecule has 3 atom stereocenters. The van der Waals surface area contributed by atoms with Crippen LogP contribution in [0.2, 0.25) is 0 Å². The van der Waals surface area contributed by atoms with Crippen LogP contribution in [0.3, 0.4) is 0 Å². The average molecular weight is 382 g/mol. The quantitative estimate of drug-likeness (QED) is 0.243. The van der Waals surface area contributed by atoms with Crippen LogP contribution in [0, 0.1) is 0 Å². The van der Waals surface area contributed by atoms with E-state index < -0.39 is 45.3 Å². The number of hydrazone groups is 1. The second-order valence-electron chi connectivity index (χ2n) is 6.01. The van der Waals surface area contributed by atoms with E-state index in [0.717, 1.165) is 18.0 Å². The van der Waals surface area contributed by atoms with E-state index >= 15 is 0 Å². The number of β-lactam (4-membered cyclic amide) rings is 1. The molecule has 0 aromatic carbocycles. The van der Waals surface area contributed by atoms with Crippen LogP contribution < -0.4 is 5.43 Å². The number of rotatable bonds is 7. The summed E-state index contributed by atoms with van der Waals surface area (Å²) in [6, 6.07) is 0.802. The van der Waals surface area contributed by atoms with Gasteiger partial charge in [-0.15, -0.1) is 0 Å². The second kappa shape index (κ2) is 7.60. The van der Waals surface area contributed by atoms with Crippen LogP contribution in [0.4, 0.5) is 0 Å². The summed E-state index contributed by atoms with van der Waals surface area (Å²) in [5.41, 5.74) is 2.38. The first-order chi connectivity index (χ1) is 12.2. The van der Waals surface area contributed by atoms with Gasteiger partial charge < -0.3 is 10.0 Å².